The van der Waals surface area contributed by atoms with Crippen molar-refractivity contribution in [2.45, 2.75) is 44.1 Å². The van der Waals surface area contributed by atoms with Gasteiger partial charge in [0.25, 0.3) is 0 Å². The van der Waals surface area contributed by atoms with Crippen LogP contribution in [0.3, 0.4) is 0 Å². The summed E-state index contributed by atoms with van der Waals surface area (Å²) in [4.78, 5) is 15.6. The van der Waals surface area contributed by atoms with Crippen molar-refractivity contribution in [1.82, 2.24) is 10.2 Å². The summed E-state index contributed by atoms with van der Waals surface area (Å²) in [5, 5.41) is 3.22. The van der Waals surface area contributed by atoms with E-state index in [4.69, 9.17) is 18.9 Å². The Morgan fingerprint density at radius 1 is 0.905 bits per heavy atom. The van der Waals surface area contributed by atoms with E-state index in [0.29, 0.717) is 48.3 Å². The van der Waals surface area contributed by atoms with E-state index in [1.165, 1.54) is 11.1 Å². The predicted octanol–water partition coefficient (Wildman–Crippen LogP) is 5.44. The topological polar surface area (TPSA) is 69.3 Å². The summed E-state index contributed by atoms with van der Waals surface area (Å²) in [5.74, 6) is 2.94. The van der Waals surface area contributed by atoms with Crippen LogP contribution in [0.4, 0.5) is 4.39 Å². The monoisotopic (exact) mass is 576 g/mol. The number of nitrogens with zero attached hydrogens (tertiary/aromatic N) is 1. The third-order valence-electron chi connectivity index (χ3n) is 8.46. The number of amides is 1. The summed E-state index contributed by atoms with van der Waals surface area (Å²) < 4.78 is 35.4. The minimum Gasteiger partial charge on any atom is -0.493 e. The van der Waals surface area contributed by atoms with Crippen LogP contribution in [0.2, 0.25) is 0 Å². The van der Waals surface area contributed by atoms with Crippen LogP contribution in [0.5, 0.6) is 23.0 Å². The fraction of sp³-hybridized carbons (Fsp3) is 0.441. The lowest BCUT2D eigenvalue weighted by Crippen LogP contribution is -2.44. The molecule has 1 amide bonds. The van der Waals surface area contributed by atoms with Crippen molar-refractivity contribution in [3.63, 3.8) is 0 Å². The first-order chi connectivity index (χ1) is 20.5. The van der Waals surface area contributed by atoms with Gasteiger partial charge in [-0.3, -0.25) is 14.1 Å². The molecule has 0 radical (unpaired) electrons. The SMILES string of the molecule is COc1ccc(CC2c3cc(OCCCF)c(OC)cc3CCN2CC(=O)NCC2CCc3ccccc32)cc1OC. The molecule has 3 aromatic carbocycles. The second-order valence-corrected chi connectivity index (χ2v) is 11.0. The van der Waals surface area contributed by atoms with Crippen LogP contribution >= 0.6 is 0 Å². The molecule has 8 heteroatoms. The van der Waals surface area contributed by atoms with E-state index in [-0.39, 0.29) is 25.1 Å². The van der Waals surface area contributed by atoms with Crippen LogP contribution in [0.1, 0.15) is 52.6 Å². The zero-order chi connectivity index (χ0) is 29.5. The summed E-state index contributed by atoms with van der Waals surface area (Å²) in [5.41, 5.74) is 6.05. The van der Waals surface area contributed by atoms with E-state index < -0.39 is 6.67 Å². The first-order valence-corrected chi connectivity index (χ1v) is 14.7. The fourth-order valence-electron chi connectivity index (χ4n) is 6.26. The number of halogens is 1. The molecule has 0 saturated carbocycles. The van der Waals surface area contributed by atoms with Gasteiger partial charge in [-0.05, 0) is 77.8 Å². The van der Waals surface area contributed by atoms with Gasteiger partial charge in [0.2, 0.25) is 5.91 Å². The molecule has 5 rings (SSSR count). The fourth-order valence-corrected chi connectivity index (χ4v) is 6.26. The number of methoxy groups -OCH3 is 3. The summed E-state index contributed by atoms with van der Waals surface area (Å²) >= 11 is 0. The molecule has 2 atom stereocenters. The number of fused-ring (bicyclic) bond motifs is 2. The number of carbonyl (C=O) groups is 1. The van der Waals surface area contributed by atoms with Gasteiger partial charge in [0.05, 0.1) is 41.2 Å². The highest BCUT2D eigenvalue weighted by Gasteiger charge is 2.31. The van der Waals surface area contributed by atoms with Crippen LogP contribution in [0.15, 0.2) is 54.6 Å². The minimum atomic E-state index is -0.440. The van der Waals surface area contributed by atoms with Crippen LogP contribution in [0.25, 0.3) is 0 Å². The second kappa shape index (κ2) is 13.9. The first kappa shape index (κ1) is 29.7. The molecule has 0 spiro atoms. The number of nitrogens with one attached hydrogen (secondary N) is 1. The lowest BCUT2D eigenvalue weighted by Gasteiger charge is -2.37. The van der Waals surface area contributed by atoms with Crippen molar-refractivity contribution in [1.29, 1.82) is 0 Å². The van der Waals surface area contributed by atoms with Gasteiger partial charge in [-0.25, -0.2) is 0 Å². The lowest BCUT2D eigenvalue weighted by molar-refractivity contribution is -0.123. The van der Waals surface area contributed by atoms with Gasteiger partial charge in [-0.1, -0.05) is 30.3 Å². The lowest BCUT2D eigenvalue weighted by atomic mass is 9.88. The van der Waals surface area contributed by atoms with Crippen molar-refractivity contribution >= 4 is 5.91 Å². The number of alkyl halides is 1. The standard InChI is InChI=1S/C34H41FN2O5/c1-39-30-12-9-23(18-31(30)40-2)17-29-28-20-33(42-16-6-14-35)32(41-3)19-25(28)13-15-37(29)22-34(38)36-21-26-11-10-24-7-4-5-8-27(24)26/h4-5,7-9,12,18-20,26,29H,6,10-11,13-17,21-22H2,1-3H3,(H,36,38). The Labute approximate surface area is 247 Å². The Morgan fingerprint density at radius 3 is 2.48 bits per heavy atom. The van der Waals surface area contributed by atoms with Crippen LogP contribution < -0.4 is 24.3 Å². The molecule has 1 N–H and O–H groups in total. The van der Waals surface area contributed by atoms with Crippen molar-refractivity contribution < 1.29 is 28.1 Å². The molecule has 3 aromatic rings. The molecule has 7 nitrogen and oxygen atoms in total. The number of hydrogen-bond donors (Lipinski definition) is 1. The van der Waals surface area contributed by atoms with Crippen LogP contribution in [0, 0.1) is 0 Å². The Bertz CT molecular complexity index is 1380. The van der Waals surface area contributed by atoms with Gasteiger partial charge in [0, 0.05) is 31.5 Å². The Hall–Kier alpha value is -3.78. The van der Waals surface area contributed by atoms with E-state index in [1.807, 2.05) is 30.3 Å². The van der Waals surface area contributed by atoms with Crippen molar-refractivity contribution in [3.8, 4) is 23.0 Å². The number of benzene rings is 3. The third kappa shape index (κ3) is 6.65. The maximum Gasteiger partial charge on any atom is 0.234 e. The third-order valence-corrected chi connectivity index (χ3v) is 8.46. The molecule has 1 aliphatic heterocycles. The zero-order valence-corrected chi connectivity index (χ0v) is 24.8. The largest absolute Gasteiger partial charge is 0.493 e. The average molecular weight is 577 g/mol. The van der Waals surface area contributed by atoms with Crippen LogP contribution in [-0.2, 0) is 24.1 Å². The van der Waals surface area contributed by atoms with Gasteiger partial charge in [-0.2, -0.15) is 0 Å². The van der Waals surface area contributed by atoms with E-state index in [9.17, 15) is 9.18 Å². The normalized spacial score (nSPS) is 17.7. The zero-order valence-electron chi connectivity index (χ0n) is 24.8. The highest BCUT2D eigenvalue weighted by molar-refractivity contribution is 5.78. The molecule has 1 heterocycles. The smallest absolute Gasteiger partial charge is 0.234 e. The summed E-state index contributed by atoms with van der Waals surface area (Å²) in [6.45, 7) is 1.49. The molecular weight excluding hydrogens is 535 g/mol. The molecular formula is C34H41FN2O5. The maximum absolute atomic E-state index is 13.3. The first-order valence-electron chi connectivity index (χ1n) is 14.7. The number of aryl methyl sites for hydroxylation is 1. The van der Waals surface area contributed by atoms with Crippen molar-refractivity contribution in [2.75, 3.05) is 54.2 Å². The molecule has 224 valence electrons. The molecule has 0 fully saturated rings. The Morgan fingerprint density at radius 2 is 1.69 bits per heavy atom. The number of carbonyl (C=O) groups excluding carboxylic acids is 1. The van der Waals surface area contributed by atoms with Gasteiger partial charge in [0.1, 0.15) is 0 Å². The summed E-state index contributed by atoms with van der Waals surface area (Å²) in [6, 6.07) is 18.4. The van der Waals surface area contributed by atoms with Crippen molar-refractivity contribution in [2.24, 2.45) is 0 Å². The Kier molecular flexibility index (Phi) is 9.85. The number of ether oxygens (including phenoxy) is 4. The maximum atomic E-state index is 13.3. The van der Waals surface area contributed by atoms with E-state index in [0.717, 1.165) is 42.5 Å². The summed E-state index contributed by atoms with van der Waals surface area (Å²) in [7, 11) is 4.87. The molecule has 0 saturated heterocycles. The second-order valence-electron chi connectivity index (χ2n) is 11.0. The molecule has 0 bridgehead atoms. The van der Waals surface area contributed by atoms with Gasteiger partial charge < -0.3 is 24.3 Å². The minimum absolute atomic E-state index is 0.0214. The van der Waals surface area contributed by atoms with Gasteiger partial charge >= 0.3 is 0 Å². The van der Waals surface area contributed by atoms with E-state index in [1.54, 1.807) is 21.3 Å². The van der Waals surface area contributed by atoms with Crippen LogP contribution in [-0.4, -0.2) is 65.1 Å². The predicted molar refractivity (Wildman–Crippen MR) is 161 cm³/mol. The molecule has 2 unspecified atom stereocenters. The molecule has 0 aromatic heterocycles. The van der Waals surface area contributed by atoms with Gasteiger partial charge in [0.15, 0.2) is 23.0 Å². The molecule has 2 aliphatic rings. The highest BCUT2D eigenvalue weighted by atomic mass is 19.1. The molecule has 1 aliphatic carbocycles. The Balaban J connectivity index is 1.38. The summed E-state index contributed by atoms with van der Waals surface area (Å²) in [6.07, 6.45) is 3.87. The van der Waals surface area contributed by atoms with E-state index >= 15 is 0 Å². The average Bonchev–Trinajstić information content (AvgIpc) is 3.44. The highest BCUT2D eigenvalue weighted by Crippen LogP contribution is 2.40. The number of hydrogen-bond acceptors (Lipinski definition) is 6. The number of rotatable bonds is 13. The van der Waals surface area contributed by atoms with E-state index in [2.05, 4.69) is 34.5 Å². The van der Waals surface area contributed by atoms with Crippen molar-refractivity contribution in [3.05, 3.63) is 82.4 Å². The molecule has 42 heavy (non-hydrogen) atoms. The van der Waals surface area contributed by atoms with Gasteiger partial charge in [-0.15, -0.1) is 0 Å². The quantitative estimate of drug-likeness (QED) is 0.274.